The fourth-order valence-electron chi connectivity index (χ4n) is 0.848. The van der Waals surface area contributed by atoms with E-state index in [9.17, 15) is 8.42 Å². The molecular formula is C6H9N3O3S. The first-order chi connectivity index (χ1) is 5.95. The fourth-order valence-corrected chi connectivity index (χ4v) is 1.49. The van der Waals surface area contributed by atoms with E-state index in [0.717, 1.165) is 6.07 Å². The zero-order valence-corrected chi connectivity index (χ0v) is 7.38. The van der Waals surface area contributed by atoms with Crippen molar-refractivity contribution in [3.63, 3.8) is 0 Å². The molecule has 1 rings (SSSR count). The maximum atomic E-state index is 10.7. The second-order valence-electron chi connectivity index (χ2n) is 2.37. The molecule has 0 aliphatic heterocycles. The van der Waals surface area contributed by atoms with E-state index in [4.69, 9.17) is 16.1 Å². The molecule has 0 atom stereocenters. The summed E-state index contributed by atoms with van der Waals surface area (Å²) in [5, 5.41) is 0. The molecule has 0 fully saturated rings. The van der Waals surface area contributed by atoms with Crippen LogP contribution >= 0.6 is 0 Å². The van der Waals surface area contributed by atoms with Gasteiger partial charge in [0.2, 0.25) is 0 Å². The second-order valence-corrected chi connectivity index (χ2v) is 3.76. The average molecular weight is 203 g/mol. The summed E-state index contributed by atoms with van der Waals surface area (Å²) in [5.41, 5.74) is 7.88. The van der Waals surface area contributed by atoms with E-state index < -0.39 is 10.1 Å². The highest BCUT2D eigenvalue weighted by Gasteiger charge is 2.13. The van der Waals surface area contributed by atoms with Gasteiger partial charge in [-0.1, -0.05) is 0 Å². The van der Waals surface area contributed by atoms with Gasteiger partial charge in [0, 0.05) is 0 Å². The van der Waals surface area contributed by atoms with Crippen molar-refractivity contribution in [2.24, 2.45) is 5.84 Å². The van der Waals surface area contributed by atoms with Crippen molar-refractivity contribution in [3.05, 3.63) is 18.2 Å². The highest BCUT2D eigenvalue weighted by atomic mass is 32.2. The van der Waals surface area contributed by atoms with E-state index in [-0.39, 0.29) is 10.6 Å². The molecule has 13 heavy (non-hydrogen) atoms. The lowest BCUT2D eigenvalue weighted by atomic mass is 10.3. The van der Waals surface area contributed by atoms with Crippen molar-refractivity contribution >= 4 is 21.5 Å². The highest BCUT2D eigenvalue weighted by molar-refractivity contribution is 7.86. The Kier molecular flexibility index (Phi) is 2.41. The van der Waals surface area contributed by atoms with Crippen LogP contribution in [-0.4, -0.2) is 13.0 Å². The van der Waals surface area contributed by atoms with E-state index in [1.54, 1.807) is 0 Å². The quantitative estimate of drug-likeness (QED) is 0.229. The lowest BCUT2D eigenvalue weighted by Crippen LogP contribution is -2.09. The van der Waals surface area contributed by atoms with Crippen molar-refractivity contribution < 1.29 is 13.0 Å². The van der Waals surface area contributed by atoms with E-state index >= 15 is 0 Å². The molecule has 0 heterocycles. The molecule has 0 aromatic heterocycles. The Labute approximate surface area is 75.3 Å². The van der Waals surface area contributed by atoms with Crippen LogP contribution in [0.15, 0.2) is 23.1 Å². The van der Waals surface area contributed by atoms with Crippen LogP contribution in [0, 0.1) is 0 Å². The van der Waals surface area contributed by atoms with Crippen LogP contribution in [0.5, 0.6) is 0 Å². The van der Waals surface area contributed by atoms with Gasteiger partial charge < -0.3 is 11.2 Å². The first-order valence-electron chi connectivity index (χ1n) is 3.29. The van der Waals surface area contributed by atoms with E-state index in [2.05, 4.69) is 5.43 Å². The van der Waals surface area contributed by atoms with Crippen LogP contribution in [0.3, 0.4) is 0 Å². The van der Waals surface area contributed by atoms with E-state index in [1.165, 1.54) is 12.1 Å². The van der Waals surface area contributed by atoms with Crippen LogP contribution < -0.4 is 17.0 Å². The van der Waals surface area contributed by atoms with E-state index in [0.29, 0.717) is 5.69 Å². The van der Waals surface area contributed by atoms with Gasteiger partial charge in [-0.15, -0.1) is 0 Å². The van der Waals surface area contributed by atoms with Crippen molar-refractivity contribution in [3.8, 4) is 0 Å². The van der Waals surface area contributed by atoms with Crippen LogP contribution in [0.4, 0.5) is 11.4 Å². The number of benzene rings is 1. The SMILES string of the molecule is NNc1ccc(N)c(S(=O)(=O)O)c1. The van der Waals surface area contributed by atoms with Gasteiger partial charge >= 0.3 is 0 Å². The van der Waals surface area contributed by atoms with Crippen LogP contribution in [0.25, 0.3) is 0 Å². The fraction of sp³-hybridized carbons (Fsp3) is 0. The van der Waals surface area contributed by atoms with Gasteiger partial charge in [0.25, 0.3) is 10.1 Å². The second kappa shape index (κ2) is 3.21. The number of nitrogen functional groups attached to an aromatic ring is 2. The summed E-state index contributed by atoms with van der Waals surface area (Å²) in [6, 6.07) is 3.97. The number of hydrazine groups is 1. The van der Waals surface area contributed by atoms with Crippen molar-refractivity contribution in [2.45, 2.75) is 4.90 Å². The monoisotopic (exact) mass is 203 g/mol. The summed E-state index contributed by atoms with van der Waals surface area (Å²) >= 11 is 0. The number of hydrogen-bond donors (Lipinski definition) is 4. The molecule has 6 nitrogen and oxygen atoms in total. The zero-order chi connectivity index (χ0) is 10.1. The number of nitrogens with two attached hydrogens (primary N) is 2. The van der Waals surface area contributed by atoms with Crippen molar-refractivity contribution in [2.75, 3.05) is 11.2 Å². The molecular weight excluding hydrogens is 194 g/mol. The summed E-state index contributed by atoms with van der Waals surface area (Å²) in [5.74, 6) is 5.04. The maximum Gasteiger partial charge on any atom is 0.296 e. The van der Waals surface area contributed by atoms with Gasteiger partial charge in [0.15, 0.2) is 0 Å². The lowest BCUT2D eigenvalue weighted by molar-refractivity contribution is 0.483. The van der Waals surface area contributed by atoms with E-state index in [1.807, 2.05) is 0 Å². The predicted octanol–water partition coefficient (Wildman–Crippen LogP) is -0.199. The van der Waals surface area contributed by atoms with Gasteiger partial charge in [-0.2, -0.15) is 8.42 Å². The summed E-state index contributed by atoms with van der Waals surface area (Å²) in [6.07, 6.45) is 0. The Balaban J connectivity index is 3.36. The molecule has 0 amide bonds. The van der Waals surface area contributed by atoms with Gasteiger partial charge in [-0.25, -0.2) is 0 Å². The Morgan fingerprint density at radius 3 is 2.46 bits per heavy atom. The molecule has 1 aromatic rings. The normalized spacial score (nSPS) is 11.2. The molecule has 0 aliphatic rings. The molecule has 0 radical (unpaired) electrons. The zero-order valence-electron chi connectivity index (χ0n) is 6.56. The third-order valence-electron chi connectivity index (χ3n) is 1.46. The molecule has 72 valence electrons. The van der Waals surface area contributed by atoms with Gasteiger partial charge in [0.05, 0.1) is 11.4 Å². The Morgan fingerprint density at radius 1 is 1.38 bits per heavy atom. The minimum Gasteiger partial charge on any atom is -0.398 e. The minimum absolute atomic E-state index is 0.0264. The van der Waals surface area contributed by atoms with Gasteiger partial charge in [-0.3, -0.25) is 10.4 Å². The van der Waals surface area contributed by atoms with Gasteiger partial charge in [0.1, 0.15) is 4.90 Å². The Hall–Kier alpha value is -1.31. The molecule has 0 saturated carbocycles. The summed E-state index contributed by atoms with van der Waals surface area (Å²) in [7, 11) is -4.29. The maximum absolute atomic E-state index is 10.7. The lowest BCUT2D eigenvalue weighted by Gasteiger charge is -2.04. The molecule has 7 heteroatoms. The molecule has 0 bridgehead atoms. The first-order valence-corrected chi connectivity index (χ1v) is 4.73. The van der Waals surface area contributed by atoms with Crippen LogP contribution in [0.1, 0.15) is 0 Å². The topological polar surface area (TPSA) is 118 Å². The Bertz CT molecular complexity index is 415. The number of hydrogen-bond acceptors (Lipinski definition) is 5. The number of anilines is 2. The van der Waals surface area contributed by atoms with Crippen molar-refractivity contribution in [1.29, 1.82) is 0 Å². The number of nitrogens with one attached hydrogen (secondary N) is 1. The largest absolute Gasteiger partial charge is 0.398 e. The first kappa shape index (κ1) is 9.78. The van der Waals surface area contributed by atoms with Crippen LogP contribution in [0.2, 0.25) is 0 Å². The summed E-state index contributed by atoms with van der Waals surface area (Å²) in [4.78, 5) is -0.358. The van der Waals surface area contributed by atoms with Crippen LogP contribution in [-0.2, 0) is 10.1 Å². The molecule has 6 N–H and O–H groups in total. The third kappa shape index (κ3) is 2.08. The molecule has 0 unspecified atom stereocenters. The molecule has 0 spiro atoms. The smallest absolute Gasteiger partial charge is 0.296 e. The average Bonchev–Trinajstić information content (AvgIpc) is 2.03. The molecule has 1 aromatic carbocycles. The van der Waals surface area contributed by atoms with Gasteiger partial charge in [-0.05, 0) is 18.2 Å². The van der Waals surface area contributed by atoms with Crippen molar-refractivity contribution in [1.82, 2.24) is 0 Å². The third-order valence-corrected chi connectivity index (χ3v) is 2.37. The summed E-state index contributed by atoms with van der Waals surface area (Å²) in [6.45, 7) is 0. The minimum atomic E-state index is -4.29. The highest BCUT2D eigenvalue weighted by Crippen LogP contribution is 2.21. The standard InChI is InChI=1S/C6H9N3O3S/c7-5-2-1-4(9-8)3-6(5)13(10,11)12/h1-3,9H,7-8H2,(H,10,11,12). The summed E-state index contributed by atoms with van der Waals surface area (Å²) < 4.78 is 30.2. The molecule has 0 saturated heterocycles. The number of rotatable bonds is 2. The molecule has 0 aliphatic carbocycles. The predicted molar refractivity (Wildman–Crippen MR) is 48.5 cm³/mol. The Morgan fingerprint density at radius 2 is 2.00 bits per heavy atom.